The molecule has 3 heterocycles. The van der Waals surface area contributed by atoms with Crippen LogP contribution in [0.25, 0.3) is 5.69 Å². The van der Waals surface area contributed by atoms with Crippen LogP contribution in [0.5, 0.6) is 0 Å². The van der Waals surface area contributed by atoms with E-state index in [-0.39, 0.29) is 24.6 Å². The minimum Gasteiger partial charge on any atom is -0.375 e. The maximum absolute atomic E-state index is 11.9. The number of nitrogens with one attached hydrogen (secondary N) is 2. The van der Waals surface area contributed by atoms with Crippen molar-refractivity contribution >= 4 is 34.6 Å². The van der Waals surface area contributed by atoms with Crippen LogP contribution in [0.2, 0.25) is 0 Å². The highest BCUT2D eigenvalue weighted by molar-refractivity contribution is 7.80. The number of anilines is 2. The van der Waals surface area contributed by atoms with E-state index in [2.05, 4.69) is 69.3 Å². The minimum absolute atomic E-state index is 0.00669. The number of rotatable bonds is 7. The molecule has 1 aliphatic rings. The SMILES string of the molecule is COCC(=O)Nc1ccc(N2C(=S)NC(c3ccccn3)C2c2cc(C)n(-c3ccccc3)c2C)cc1. The van der Waals surface area contributed by atoms with E-state index < -0.39 is 0 Å². The average Bonchev–Trinajstić information content (AvgIpc) is 3.40. The van der Waals surface area contributed by atoms with E-state index in [0.29, 0.717) is 10.8 Å². The number of aryl methyl sites for hydroxylation is 1. The molecule has 1 fully saturated rings. The largest absolute Gasteiger partial charge is 0.375 e. The lowest BCUT2D eigenvalue weighted by atomic mass is 9.96. The Morgan fingerprint density at radius 3 is 2.43 bits per heavy atom. The number of nitrogens with zero attached hydrogens (tertiary/aromatic N) is 3. The van der Waals surface area contributed by atoms with Gasteiger partial charge in [-0.1, -0.05) is 24.3 Å². The van der Waals surface area contributed by atoms with Gasteiger partial charge in [0.25, 0.3) is 0 Å². The van der Waals surface area contributed by atoms with Gasteiger partial charge in [-0.2, -0.15) is 0 Å². The molecule has 1 aliphatic heterocycles. The second kappa shape index (κ2) is 10.5. The van der Waals surface area contributed by atoms with Gasteiger partial charge in [-0.15, -0.1) is 0 Å². The van der Waals surface area contributed by atoms with Gasteiger partial charge in [0.15, 0.2) is 5.11 Å². The molecule has 2 unspecified atom stereocenters. The van der Waals surface area contributed by atoms with Gasteiger partial charge in [-0.25, -0.2) is 0 Å². The van der Waals surface area contributed by atoms with E-state index in [4.69, 9.17) is 17.0 Å². The van der Waals surface area contributed by atoms with Crippen LogP contribution in [0.1, 0.15) is 34.7 Å². The predicted molar refractivity (Wildman–Crippen MR) is 150 cm³/mol. The van der Waals surface area contributed by atoms with Crippen molar-refractivity contribution in [3.05, 3.63) is 108 Å². The normalized spacial score (nSPS) is 17.1. The Morgan fingerprint density at radius 1 is 1.03 bits per heavy atom. The highest BCUT2D eigenvalue weighted by Gasteiger charge is 2.42. The summed E-state index contributed by atoms with van der Waals surface area (Å²) in [4.78, 5) is 18.8. The van der Waals surface area contributed by atoms with Crippen molar-refractivity contribution in [3.63, 3.8) is 0 Å². The van der Waals surface area contributed by atoms with Gasteiger partial charge in [-0.3, -0.25) is 9.78 Å². The summed E-state index contributed by atoms with van der Waals surface area (Å²) in [7, 11) is 1.50. The Hall–Kier alpha value is -4.01. The molecule has 2 N–H and O–H groups in total. The summed E-state index contributed by atoms with van der Waals surface area (Å²) in [5.41, 5.74) is 7.13. The maximum atomic E-state index is 11.9. The van der Waals surface area contributed by atoms with Gasteiger partial charge in [0.1, 0.15) is 6.61 Å². The molecule has 8 heteroatoms. The summed E-state index contributed by atoms with van der Waals surface area (Å²) in [5, 5.41) is 7.00. The Kier molecular flexibility index (Phi) is 7.03. The molecule has 0 aliphatic carbocycles. The monoisotopic (exact) mass is 511 g/mol. The number of ether oxygens (including phenoxy) is 1. The highest BCUT2D eigenvalue weighted by Crippen LogP contribution is 2.43. The molecule has 1 saturated heterocycles. The van der Waals surface area contributed by atoms with Crippen LogP contribution in [0.3, 0.4) is 0 Å². The minimum atomic E-state index is -0.199. The first-order valence-electron chi connectivity index (χ1n) is 12.1. The van der Waals surface area contributed by atoms with E-state index in [1.54, 1.807) is 0 Å². The van der Waals surface area contributed by atoms with Gasteiger partial charge in [0, 0.05) is 41.8 Å². The van der Waals surface area contributed by atoms with Gasteiger partial charge >= 0.3 is 0 Å². The fraction of sp³-hybridized carbons (Fsp3) is 0.207. The molecular formula is C29H29N5O2S. The Labute approximate surface area is 222 Å². The first-order valence-corrected chi connectivity index (χ1v) is 12.5. The molecule has 2 aromatic heterocycles. The standard InChI is InChI=1S/C29H29N5O2S/c1-19-17-24(20(2)33(19)22-9-5-4-6-10-22)28-27(25-11-7-8-16-30-25)32-29(37)34(28)23-14-12-21(13-15-23)31-26(35)18-36-3/h4-17,27-28H,18H2,1-3H3,(H,31,35)(H,32,37). The number of hydrogen-bond donors (Lipinski definition) is 2. The third kappa shape index (κ3) is 4.85. The molecule has 37 heavy (non-hydrogen) atoms. The van der Waals surface area contributed by atoms with Crippen molar-refractivity contribution in [2.45, 2.75) is 25.9 Å². The number of benzene rings is 2. The quantitative estimate of drug-likeness (QED) is 0.330. The summed E-state index contributed by atoms with van der Waals surface area (Å²) < 4.78 is 7.19. The fourth-order valence-electron chi connectivity index (χ4n) is 5.04. The smallest absolute Gasteiger partial charge is 0.250 e. The third-order valence-corrected chi connectivity index (χ3v) is 6.92. The van der Waals surface area contributed by atoms with Crippen molar-refractivity contribution in [1.82, 2.24) is 14.9 Å². The van der Waals surface area contributed by atoms with Gasteiger partial charge in [-0.05, 0) is 86.2 Å². The van der Waals surface area contributed by atoms with Crippen molar-refractivity contribution in [2.75, 3.05) is 23.9 Å². The maximum Gasteiger partial charge on any atom is 0.250 e. The number of amides is 1. The molecule has 0 saturated carbocycles. The lowest BCUT2D eigenvalue weighted by Crippen LogP contribution is -2.29. The number of carbonyl (C=O) groups excluding carboxylic acids is 1. The average molecular weight is 512 g/mol. The van der Waals surface area contributed by atoms with Crippen LogP contribution in [0, 0.1) is 13.8 Å². The van der Waals surface area contributed by atoms with Crippen LogP contribution in [-0.4, -0.2) is 34.3 Å². The first-order chi connectivity index (χ1) is 18.0. The number of aromatic nitrogens is 2. The number of para-hydroxylation sites is 1. The van der Waals surface area contributed by atoms with E-state index in [9.17, 15) is 4.79 Å². The molecule has 4 aromatic rings. The Balaban J connectivity index is 1.57. The lowest BCUT2D eigenvalue weighted by molar-refractivity contribution is -0.119. The Bertz CT molecular complexity index is 1400. The predicted octanol–water partition coefficient (Wildman–Crippen LogP) is 5.25. The van der Waals surface area contributed by atoms with Crippen molar-refractivity contribution < 1.29 is 9.53 Å². The van der Waals surface area contributed by atoms with Crippen LogP contribution >= 0.6 is 12.2 Å². The number of hydrogen-bond acceptors (Lipinski definition) is 4. The Morgan fingerprint density at radius 2 is 1.76 bits per heavy atom. The third-order valence-electron chi connectivity index (χ3n) is 6.61. The van der Waals surface area contributed by atoms with E-state index >= 15 is 0 Å². The number of methoxy groups -OCH3 is 1. The zero-order valence-corrected chi connectivity index (χ0v) is 21.8. The summed E-state index contributed by atoms with van der Waals surface area (Å²) in [5.74, 6) is -0.199. The summed E-state index contributed by atoms with van der Waals surface area (Å²) in [6.07, 6.45) is 1.81. The van der Waals surface area contributed by atoms with Crippen LogP contribution in [0.15, 0.2) is 85.1 Å². The zero-order valence-electron chi connectivity index (χ0n) is 21.0. The molecule has 0 bridgehead atoms. The van der Waals surface area contributed by atoms with E-state index in [1.165, 1.54) is 12.7 Å². The van der Waals surface area contributed by atoms with Gasteiger partial charge < -0.3 is 24.8 Å². The molecule has 5 rings (SSSR count). The van der Waals surface area contributed by atoms with E-state index in [0.717, 1.165) is 28.5 Å². The lowest BCUT2D eigenvalue weighted by Gasteiger charge is -2.28. The molecule has 0 spiro atoms. The number of carbonyl (C=O) groups is 1. The second-order valence-corrected chi connectivity index (χ2v) is 9.41. The molecule has 188 valence electrons. The van der Waals surface area contributed by atoms with Crippen LogP contribution in [-0.2, 0) is 9.53 Å². The zero-order chi connectivity index (χ0) is 25.9. The molecular weight excluding hydrogens is 482 g/mol. The van der Waals surface area contributed by atoms with Crippen molar-refractivity contribution in [1.29, 1.82) is 0 Å². The fourth-order valence-corrected chi connectivity index (χ4v) is 5.39. The molecule has 2 aromatic carbocycles. The molecule has 7 nitrogen and oxygen atoms in total. The molecule has 1 amide bonds. The summed E-state index contributed by atoms with van der Waals surface area (Å²) >= 11 is 5.88. The number of pyridine rings is 1. The highest BCUT2D eigenvalue weighted by atomic mass is 32.1. The van der Waals surface area contributed by atoms with Crippen LogP contribution < -0.4 is 15.5 Å². The molecule has 2 atom stereocenters. The van der Waals surface area contributed by atoms with Crippen LogP contribution in [0.4, 0.5) is 11.4 Å². The summed E-state index contributed by atoms with van der Waals surface area (Å²) in [6.45, 7) is 4.29. The van der Waals surface area contributed by atoms with Crippen molar-refractivity contribution in [2.24, 2.45) is 0 Å². The van der Waals surface area contributed by atoms with Crippen molar-refractivity contribution in [3.8, 4) is 5.69 Å². The van der Waals surface area contributed by atoms with Gasteiger partial charge in [0.2, 0.25) is 5.91 Å². The van der Waals surface area contributed by atoms with Gasteiger partial charge in [0.05, 0.1) is 17.8 Å². The second-order valence-electron chi connectivity index (χ2n) is 9.02. The first kappa shape index (κ1) is 24.7. The molecule has 0 radical (unpaired) electrons. The van der Waals surface area contributed by atoms with E-state index in [1.807, 2.05) is 54.7 Å². The number of thiocarbonyl (C=S) groups is 1. The summed E-state index contributed by atoms with van der Waals surface area (Å²) in [6, 6.07) is 26.0. The topological polar surface area (TPSA) is 71.4 Å².